The highest BCUT2D eigenvalue weighted by molar-refractivity contribution is 7.89. The van der Waals surface area contributed by atoms with Gasteiger partial charge in [-0.3, -0.25) is 0 Å². The molecular formula is C7H16ClNO3S. The molecule has 0 aromatic heterocycles. The molecule has 0 aliphatic rings. The summed E-state index contributed by atoms with van der Waals surface area (Å²) in [6.07, 6.45) is 1.33. The summed E-state index contributed by atoms with van der Waals surface area (Å²) in [6.45, 7) is 0.731. The van der Waals surface area contributed by atoms with Crippen molar-refractivity contribution in [1.82, 2.24) is 4.72 Å². The van der Waals surface area contributed by atoms with E-state index in [1.54, 1.807) is 0 Å². The van der Waals surface area contributed by atoms with E-state index in [-0.39, 0.29) is 5.75 Å². The number of hydrogen-bond donors (Lipinski definition) is 1. The number of rotatable bonds is 8. The van der Waals surface area contributed by atoms with Gasteiger partial charge in [-0.1, -0.05) is 0 Å². The van der Waals surface area contributed by atoms with Crippen molar-refractivity contribution in [1.29, 1.82) is 0 Å². The second kappa shape index (κ2) is 7.55. The number of ether oxygens (including phenoxy) is 1. The van der Waals surface area contributed by atoms with E-state index < -0.39 is 10.0 Å². The largest absolute Gasteiger partial charge is 0.383 e. The number of unbranched alkanes of at least 4 members (excludes halogenated alkanes) is 1. The first-order valence-corrected chi connectivity index (χ1v) is 6.33. The van der Waals surface area contributed by atoms with Gasteiger partial charge >= 0.3 is 0 Å². The summed E-state index contributed by atoms with van der Waals surface area (Å²) in [5, 5.41) is 0. The molecule has 0 saturated carbocycles. The quantitative estimate of drug-likeness (QED) is 0.489. The Hall–Kier alpha value is 0.160. The first-order valence-electron chi connectivity index (χ1n) is 4.14. The number of sulfonamides is 1. The third kappa shape index (κ3) is 8.49. The molecule has 0 atom stereocenters. The minimum atomic E-state index is -3.11. The Morgan fingerprint density at radius 3 is 2.62 bits per heavy atom. The molecule has 1 N–H and O–H groups in total. The van der Waals surface area contributed by atoms with Gasteiger partial charge in [0.05, 0.1) is 12.4 Å². The Morgan fingerprint density at radius 1 is 1.38 bits per heavy atom. The van der Waals surface area contributed by atoms with Crippen LogP contribution in [0.4, 0.5) is 0 Å². The Bertz CT molecular complexity index is 190. The standard InChI is InChI=1S/C7H16ClNO3S/c1-12-6-5-9-13(10,11)7-3-2-4-8/h9H,2-7H2,1H3. The van der Waals surface area contributed by atoms with Crippen LogP contribution < -0.4 is 4.72 Å². The Kier molecular flexibility index (Phi) is 7.65. The van der Waals surface area contributed by atoms with Crippen molar-refractivity contribution in [3.05, 3.63) is 0 Å². The van der Waals surface area contributed by atoms with Gasteiger partial charge in [0, 0.05) is 19.5 Å². The Morgan fingerprint density at radius 2 is 2.08 bits per heavy atom. The van der Waals surface area contributed by atoms with Gasteiger partial charge in [0.1, 0.15) is 0 Å². The van der Waals surface area contributed by atoms with Gasteiger partial charge in [-0.2, -0.15) is 0 Å². The maximum atomic E-state index is 11.2. The van der Waals surface area contributed by atoms with Crippen LogP contribution in [0.2, 0.25) is 0 Å². The van der Waals surface area contributed by atoms with Gasteiger partial charge in [0.2, 0.25) is 10.0 Å². The van der Waals surface area contributed by atoms with E-state index in [1.807, 2.05) is 0 Å². The topological polar surface area (TPSA) is 55.4 Å². The molecule has 4 nitrogen and oxygen atoms in total. The van der Waals surface area contributed by atoms with Crippen LogP contribution in [0.1, 0.15) is 12.8 Å². The fourth-order valence-corrected chi connectivity index (χ4v) is 2.07. The minimum absolute atomic E-state index is 0.142. The van der Waals surface area contributed by atoms with E-state index >= 15 is 0 Å². The maximum absolute atomic E-state index is 11.2. The van der Waals surface area contributed by atoms with Crippen molar-refractivity contribution in [2.75, 3.05) is 31.9 Å². The zero-order chi connectivity index (χ0) is 10.2. The molecule has 0 aromatic rings. The monoisotopic (exact) mass is 229 g/mol. The minimum Gasteiger partial charge on any atom is -0.383 e. The van der Waals surface area contributed by atoms with E-state index in [9.17, 15) is 8.42 Å². The summed E-state index contributed by atoms with van der Waals surface area (Å²) in [7, 11) is -1.59. The van der Waals surface area contributed by atoms with Crippen LogP contribution in [0.25, 0.3) is 0 Å². The molecule has 0 spiro atoms. The van der Waals surface area contributed by atoms with Crippen molar-refractivity contribution in [3.8, 4) is 0 Å². The van der Waals surface area contributed by atoms with Gasteiger partial charge in [-0.05, 0) is 12.8 Å². The van der Waals surface area contributed by atoms with Crippen molar-refractivity contribution >= 4 is 21.6 Å². The third-order valence-corrected chi connectivity index (χ3v) is 3.16. The summed E-state index contributed by atoms with van der Waals surface area (Å²) in [5.41, 5.74) is 0. The Labute approximate surface area is 84.7 Å². The summed E-state index contributed by atoms with van der Waals surface area (Å²) in [6, 6.07) is 0. The van der Waals surface area contributed by atoms with E-state index in [4.69, 9.17) is 16.3 Å². The zero-order valence-electron chi connectivity index (χ0n) is 7.75. The normalized spacial score (nSPS) is 11.8. The molecule has 0 aromatic carbocycles. The lowest BCUT2D eigenvalue weighted by Gasteiger charge is -2.04. The maximum Gasteiger partial charge on any atom is 0.211 e. The molecule has 0 saturated heterocycles. The van der Waals surface area contributed by atoms with Crippen molar-refractivity contribution in [2.45, 2.75) is 12.8 Å². The summed E-state index contributed by atoms with van der Waals surface area (Å²) in [5.74, 6) is 0.650. The molecule has 0 rings (SSSR count). The molecule has 80 valence electrons. The van der Waals surface area contributed by atoms with Crippen LogP contribution >= 0.6 is 11.6 Å². The lowest BCUT2D eigenvalue weighted by molar-refractivity contribution is 0.204. The first-order chi connectivity index (χ1) is 6.12. The van der Waals surface area contributed by atoms with Crippen LogP contribution in [0, 0.1) is 0 Å². The van der Waals surface area contributed by atoms with E-state index in [2.05, 4.69) is 4.72 Å². The van der Waals surface area contributed by atoms with Crippen LogP contribution in [-0.2, 0) is 14.8 Å². The van der Waals surface area contributed by atoms with Crippen LogP contribution in [-0.4, -0.2) is 40.3 Å². The highest BCUT2D eigenvalue weighted by Crippen LogP contribution is 1.95. The predicted octanol–water partition coefficient (Wildman–Crippen LogP) is 0.571. The lowest BCUT2D eigenvalue weighted by atomic mass is 10.4. The number of nitrogens with one attached hydrogen (secondary N) is 1. The second-order valence-corrected chi connectivity index (χ2v) is 4.91. The lowest BCUT2D eigenvalue weighted by Crippen LogP contribution is -2.29. The highest BCUT2D eigenvalue weighted by Gasteiger charge is 2.07. The van der Waals surface area contributed by atoms with Gasteiger partial charge in [-0.15, -0.1) is 11.6 Å². The molecule has 0 radical (unpaired) electrons. The average Bonchev–Trinajstić information content (AvgIpc) is 2.05. The van der Waals surface area contributed by atoms with Gasteiger partial charge in [-0.25, -0.2) is 13.1 Å². The van der Waals surface area contributed by atoms with Crippen molar-refractivity contribution in [3.63, 3.8) is 0 Å². The second-order valence-electron chi connectivity index (χ2n) is 2.60. The molecule has 0 aliphatic carbocycles. The van der Waals surface area contributed by atoms with E-state index in [0.29, 0.717) is 25.5 Å². The average molecular weight is 230 g/mol. The molecule has 0 heterocycles. The van der Waals surface area contributed by atoms with Crippen LogP contribution in [0.15, 0.2) is 0 Å². The van der Waals surface area contributed by atoms with Crippen LogP contribution in [0.5, 0.6) is 0 Å². The van der Waals surface area contributed by atoms with Crippen molar-refractivity contribution < 1.29 is 13.2 Å². The molecule has 0 aliphatic heterocycles. The highest BCUT2D eigenvalue weighted by atomic mass is 35.5. The molecular weight excluding hydrogens is 214 g/mol. The smallest absolute Gasteiger partial charge is 0.211 e. The van der Waals surface area contributed by atoms with E-state index in [1.165, 1.54) is 7.11 Å². The van der Waals surface area contributed by atoms with Gasteiger partial charge in [0.15, 0.2) is 0 Å². The fourth-order valence-electron chi connectivity index (χ4n) is 0.758. The Balaban J connectivity index is 3.55. The predicted molar refractivity (Wildman–Crippen MR) is 53.6 cm³/mol. The van der Waals surface area contributed by atoms with Gasteiger partial charge < -0.3 is 4.74 Å². The fraction of sp³-hybridized carbons (Fsp3) is 1.00. The molecule has 0 fully saturated rings. The first kappa shape index (κ1) is 13.2. The number of hydrogen-bond acceptors (Lipinski definition) is 3. The van der Waals surface area contributed by atoms with Crippen molar-refractivity contribution in [2.24, 2.45) is 0 Å². The molecule has 13 heavy (non-hydrogen) atoms. The molecule has 0 unspecified atom stereocenters. The molecule has 0 bridgehead atoms. The number of alkyl halides is 1. The van der Waals surface area contributed by atoms with Crippen LogP contribution in [0.3, 0.4) is 0 Å². The summed E-state index contributed by atoms with van der Waals surface area (Å²) in [4.78, 5) is 0. The molecule has 6 heteroatoms. The van der Waals surface area contributed by atoms with E-state index in [0.717, 1.165) is 6.42 Å². The third-order valence-electron chi connectivity index (χ3n) is 1.42. The number of methoxy groups -OCH3 is 1. The zero-order valence-corrected chi connectivity index (χ0v) is 9.33. The van der Waals surface area contributed by atoms with Gasteiger partial charge in [0.25, 0.3) is 0 Å². The SMILES string of the molecule is COCCNS(=O)(=O)CCCCCl. The number of halogens is 1. The molecule has 0 amide bonds. The summed E-state index contributed by atoms with van der Waals surface area (Å²) >= 11 is 5.42. The summed E-state index contributed by atoms with van der Waals surface area (Å²) < 4.78 is 29.5.